The number of nitrogens with one attached hydrogen (secondary N) is 1. The Balaban J connectivity index is 1.74. The summed E-state index contributed by atoms with van der Waals surface area (Å²) in [5, 5.41) is 8.47. The van der Waals surface area contributed by atoms with Crippen LogP contribution in [0.4, 0.5) is 0 Å². The van der Waals surface area contributed by atoms with E-state index >= 15 is 0 Å². The van der Waals surface area contributed by atoms with Gasteiger partial charge >= 0.3 is 0 Å². The Morgan fingerprint density at radius 2 is 1.82 bits per heavy atom. The lowest BCUT2D eigenvalue weighted by molar-refractivity contribution is 0.0945. The van der Waals surface area contributed by atoms with Gasteiger partial charge in [0.25, 0.3) is 5.91 Å². The minimum atomic E-state index is -0.277. The van der Waals surface area contributed by atoms with Crippen molar-refractivity contribution in [1.82, 2.24) is 15.1 Å². The summed E-state index contributed by atoms with van der Waals surface area (Å²) in [6.07, 6.45) is 0. The third-order valence-electron chi connectivity index (χ3n) is 4.76. The molecule has 4 nitrogen and oxygen atoms in total. The number of amides is 1. The molecule has 0 aliphatic heterocycles. The SMILES string of the molecule is Cc1nn(Cc2ccccc2)c(Cl)c1C(=O)NCC(C)(C)c1cccc(Cl)c1. The second-order valence-corrected chi connectivity index (χ2v) is 8.27. The van der Waals surface area contributed by atoms with Crippen molar-refractivity contribution in [2.75, 3.05) is 6.54 Å². The first-order valence-corrected chi connectivity index (χ1v) is 9.84. The van der Waals surface area contributed by atoms with Gasteiger partial charge in [-0.3, -0.25) is 4.79 Å². The molecule has 0 radical (unpaired) electrons. The Morgan fingerprint density at radius 3 is 2.50 bits per heavy atom. The van der Waals surface area contributed by atoms with Crippen molar-refractivity contribution >= 4 is 29.1 Å². The number of halogens is 2. The Hall–Kier alpha value is -2.30. The summed E-state index contributed by atoms with van der Waals surface area (Å²) in [6.45, 7) is 6.89. The molecule has 2 aromatic carbocycles. The summed E-state index contributed by atoms with van der Waals surface area (Å²) >= 11 is 12.6. The van der Waals surface area contributed by atoms with Crippen LogP contribution in [0.5, 0.6) is 0 Å². The molecule has 0 saturated heterocycles. The Bertz CT molecular complexity index is 981. The molecule has 0 fully saturated rings. The van der Waals surface area contributed by atoms with E-state index in [1.54, 1.807) is 11.6 Å². The molecule has 6 heteroatoms. The molecule has 0 atom stereocenters. The summed E-state index contributed by atoms with van der Waals surface area (Å²) in [6, 6.07) is 17.6. The highest BCUT2D eigenvalue weighted by Gasteiger charge is 2.25. The van der Waals surface area contributed by atoms with Crippen molar-refractivity contribution in [2.45, 2.75) is 32.7 Å². The predicted molar refractivity (Wildman–Crippen MR) is 114 cm³/mol. The zero-order valence-corrected chi connectivity index (χ0v) is 17.7. The van der Waals surface area contributed by atoms with E-state index in [2.05, 4.69) is 24.3 Å². The van der Waals surface area contributed by atoms with Crippen LogP contribution in [0.3, 0.4) is 0 Å². The first-order chi connectivity index (χ1) is 13.3. The van der Waals surface area contributed by atoms with Crippen LogP contribution in [0, 0.1) is 6.92 Å². The van der Waals surface area contributed by atoms with Crippen molar-refractivity contribution < 1.29 is 4.79 Å². The number of rotatable bonds is 6. The predicted octanol–water partition coefficient (Wildman–Crippen LogP) is 5.25. The summed E-state index contributed by atoms with van der Waals surface area (Å²) in [5.41, 5.74) is 2.88. The fraction of sp³-hybridized carbons (Fsp3) is 0.273. The number of hydrogen-bond acceptors (Lipinski definition) is 2. The van der Waals surface area contributed by atoms with Crippen LogP contribution in [0.1, 0.15) is 41.0 Å². The Morgan fingerprint density at radius 1 is 1.11 bits per heavy atom. The molecule has 0 unspecified atom stereocenters. The van der Waals surface area contributed by atoms with Gasteiger partial charge in [0.15, 0.2) is 0 Å². The Labute approximate surface area is 175 Å². The number of nitrogens with zero attached hydrogens (tertiary/aromatic N) is 2. The van der Waals surface area contributed by atoms with E-state index in [-0.39, 0.29) is 11.3 Å². The van der Waals surface area contributed by atoms with E-state index < -0.39 is 0 Å². The summed E-state index contributed by atoms with van der Waals surface area (Å²) in [5.74, 6) is -0.225. The molecule has 0 saturated carbocycles. The molecule has 1 N–H and O–H groups in total. The first kappa shape index (κ1) is 20.4. The molecule has 1 heterocycles. The average Bonchev–Trinajstić information content (AvgIpc) is 2.94. The minimum Gasteiger partial charge on any atom is -0.351 e. The fourth-order valence-corrected chi connectivity index (χ4v) is 3.58. The first-order valence-electron chi connectivity index (χ1n) is 9.09. The molecule has 0 aliphatic carbocycles. The molecule has 3 rings (SSSR count). The van der Waals surface area contributed by atoms with E-state index in [9.17, 15) is 4.79 Å². The van der Waals surface area contributed by atoms with Crippen molar-refractivity contribution in [3.8, 4) is 0 Å². The van der Waals surface area contributed by atoms with Crippen LogP contribution in [-0.2, 0) is 12.0 Å². The third-order valence-corrected chi connectivity index (χ3v) is 5.38. The highest BCUT2D eigenvalue weighted by Crippen LogP contribution is 2.26. The molecule has 0 aliphatic rings. The van der Waals surface area contributed by atoms with Gasteiger partial charge in [-0.15, -0.1) is 0 Å². The summed E-state index contributed by atoms with van der Waals surface area (Å²) in [4.78, 5) is 12.8. The van der Waals surface area contributed by atoms with Gasteiger partial charge in [-0.1, -0.05) is 79.5 Å². The second-order valence-electron chi connectivity index (χ2n) is 7.47. The van der Waals surface area contributed by atoms with Gasteiger partial charge in [0.05, 0.1) is 17.8 Å². The van der Waals surface area contributed by atoms with Crippen LogP contribution in [-0.4, -0.2) is 22.2 Å². The van der Waals surface area contributed by atoms with Gasteiger partial charge in [-0.25, -0.2) is 4.68 Å². The van der Waals surface area contributed by atoms with Crippen molar-refractivity contribution in [3.05, 3.63) is 87.2 Å². The standard InChI is InChI=1S/C22H23Cl2N3O/c1-15-19(20(24)27(26-15)13-16-8-5-4-6-9-16)21(28)25-14-22(2,3)17-10-7-11-18(23)12-17/h4-12H,13-14H2,1-3H3,(H,25,28). The number of carbonyl (C=O) groups is 1. The summed E-state index contributed by atoms with van der Waals surface area (Å²) < 4.78 is 1.66. The third kappa shape index (κ3) is 4.57. The van der Waals surface area contributed by atoms with Gasteiger partial charge in [0, 0.05) is 17.0 Å². The molecular formula is C22H23Cl2N3O. The zero-order valence-electron chi connectivity index (χ0n) is 16.2. The zero-order chi connectivity index (χ0) is 20.3. The molecule has 0 spiro atoms. The van der Waals surface area contributed by atoms with E-state index in [0.29, 0.717) is 34.5 Å². The van der Waals surface area contributed by atoms with Gasteiger partial charge in [-0.2, -0.15) is 5.10 Å². The maximum Gasteiger partial charge on any atom is 0.256 e. The molecule has 28 heavy (non-hydrogen) atoms. The maximum absolute atomic E-state index is 12.8. The van der Waals surface area contributed by atoms with Crippen LogP contribution in [0.25, 0.3) is 0 Å². The number of aryl methyl sites for hydroxylation is 1. The largest absolute Gasteiger partial charge is 0.351 e. The molecule has 146 valence electrons. The monoisotopic (exact) mass is 415 g/mol. The normalized spacial score (nSPS) is 11.5. The molecule has 1 amide bonds. The lowest BCUT2D eigenvalue weighted by Gasteiger charge is -2.26. The van der Waals surface area contributed by atoms with Crippen LogP contribution < -0.4 is 5.32 Å². The van der Waals surface area contributed by atoms with Crippen LogP contribution >= 0.6 is 23.2 Å². The van der Waals surface area contributed by atoms with Gasteiger partial charge in [-0.05, 0) is 30.2 Å². The number of aromatic nitrogens is 2. The lowest BCUT2D eigenvalue weighted by atomic mass is 9.84. The second kappa shape index (κ2) is 8.38. The topological polar surface area (TPSA) is 46.9 Å². The summed E-state index contributed by atoms with van der Waals surface area (Å²) in [7, 11) is 0. The number of benzene rings is 2. The van der Waals surface area contributed by atoms with Crippen molar-refractivity contribution in [1.29, 1.82) is 0 Å². The van der Waals surface area contributed by atoms with Crippen LogP contribution in [0.15, 0.2) is 54.6 Å². The molecular weight excluding hydrogens is 393 g/mol. The van der Waals surface area contributed by atoms with E-state index in [1.807, 2.05) is 54.6 Å². The highest BCUT2D eigenvalue weighted by molar-refractivity contribution is 6.33. The van der Waals surface area contributed by atoms with Gasteiger partial charge < -0.3 is 5.32 Å². The molecule has 1 aromatic heterocycles. The highest BCUT2D eigenvalue weighted by atomic mass is 35.5. The van der Waals surface area contributed by atoms with Crippen molar-refractivity contribution in [2.24, 2.45) is 0 Å². The molecule has 0 bridgehead atoms. The van der Waals surface area contributed by atoms with Crippen LogP contribution in [0.2, 0.25) is 10.2 Å². The van der Waals surface area contributed by atoms with E-state index in [0.717, 1.165) is 11.1 Å². The van der Waals surface area contributed by atoms with E-state index in [4.69, 9.17) is 23.2 Å². The Kier molecular flexibility index (Phi) is 6.11. The number of carbonyl (C=O) groups excluding carboxylic acids is 1. The smallest absolute Gasteiger partial charge is 0.256 e. The van der Waals surface area contributed by atoms with Gasteiger partial charge in [0.2, 0.25) is 0 Å². The molecule has 3 aromatic rings. The number of hydrogen-bond donors (Lipinski definition) is 1. The van der Waals surface area contributed by atoms with Gasteiger partial charge in [0.1, 0.15) is 5.15 Å². The lowest BCUT2D eigenvalue weighted by Crippen LogP contribution is -2.37. The minimum absolute atomic E-state index is 0.225. The van der Waals surface area contributed by atoms with Crippen molar-refractivity contribution in [3.63, 3.8) is 0 Å². The average molecular weight is 416 g/mol. The van der Waals surface area contributed by atoms with E-state index in [1.165, 1.54) is 0 Å². The quantitative estimate of drug-likeness (QED) is 0.596. The maximum atomic E-state index is 12.8. The fourth-order valence-electron chi connectivity index (χ4n) is 3.07.